The quantitative estimate of drug-likeness (QED) is 0.816. The molecule has 0 bridgehead atoms. The van der Waals surface area contributed by atoms with E-state index in [1.54, 1.807) is 0 Å². The van der Waals surface area contributed by atoms with E-state index >= 15 is 0 Å². The van der Waals surface area contributed by atoms with Crippen LogP contribution in [0.1, 0.15) is 41.5 Å². The molecule has 0 spiro atoms. The number of aromatic nitrogens is 1. The van der Waals surface area contributed by atoms with E-state index in [1.165, 1.54) is 12.8 Å². The lowest BCUT2D eigenvalue weighted by molar-refractivity contribution is 0.0899. The second-order valence-corrected chi connectivity index (χ2v) is 5.37. The van der Waals surface area contributed by atoms with Gasteiger partial charge in [0.05, 0.1) is 6.54 Å². The number of aryl methyl sites for hydroxylation is 2. The second-order valence-electron chi connectivity index (χ2n) is 5.37. The number of H-pyrrole nitrogens is 1. The summed E-state index contributed by atoms with van der Waals surface area (Å²) in [6, 6.07) is 1.96. The van der Waals surface area contributed by atoms with E-state index < -0.39 is 0 Å². The van der Waals surface area contributed by atoms with Gasteiger partial charge in [-0.3, -0.25) is 9.69 Å². The van der Waals surface area contributed by atoms with E-state index in [9.17, 15) is 4.79 Å². The highest BCUT2D eigenvalue weighted by atomic mass is 16.1. The van der Waals surface area contributed by atoms with Gasteiger partial charge in [0.15, 0.2) is 5.78 Å². The Hall–Kier alpha value is -1.09. The van der Waals surface area contributed by atoms with Crippen LogP contribution in [-0.2, 0) is 0 Å². The summed E-state index contributed by atoms with van der Waals surface area (Å²) in [6.45, 7) is 8.96. The molecule has 0 radical (unpaired) electrons. The van der Waals surface area contributed by atoms with Crippen LogP contribution in [0.4, 0.5) is 0 Å². The molecular formula is C14H22N2O. The van der Waals surface area contributed by atoms with Crippen molar-refractivity contribution in [3.63, 3.8) is 0 Å². The Morgan fingerprint density at radius 1 is 1.41 bits per heavy atom. The smallest absolute Gasteiger partial charge is 0.178 e. The number of nitrogens with zero attached hydrogens (tertiary/aromatic N) is 1. The lowest BCUT2D eigenvalue weighted by Gasteiger charge is -2.29. The molecule has 1 N–H and O–H groups in total. The topological polar surface area (TPSA) is 36.1 Å². The average Bonchev–Trinajstić information content (AvgIpc) is 2.61. The molecule has 94 valence electrons. The van der Waals surface area contributed by atoms with E-state index in [1.807, 2.05) is 19.9 Å². The zero-order valence-corrected chi connectivity index (χ0v) is 11.0. The van der Waals surface area contributed by atoms with Gasteiger partial charge < -0.3 is 4.98 Å². The maximum absolute atomic E-state index is 12.2. The van der Waals surface area contributed by atoms with Crippen molar-refractivity contribution in [2.24, 2.45) is 5.92 Å². The maximum Gasteiger partial charge on any atom is 0.178 e. The molecule has 3 heteroatoms. The van der Waals surface area contributed by atoms with Crippen LogP contribution in [0.25, 0.3) is 0 Å². The molecule has 2 rings (SSSR count). The van der Waals surface area contributed by atoms with Gasteiger partial charge in [-0.2, -0.15) is 0 Å². The predicted octanol–water partition coefficient (Wildman–Crippen LogP) is 2.55. The Bertz CT molecular complexity index is 400. The third-order valence-electron chi connectivity index (χ3n) is 3.69. The van der Waals surface area contributed by atoms with Crippen molar-refractivity contribution in [1.82, 2.24) is 9.88 Å². The van der Waals surface area contributed by atoms with Crippen LogP contribution < -0.4 is 0 Å². The number of hydrogen-bond donors (Lipinski definition) is 1. The minimum absolute atomic E-state index is 0.251. The SMILES string of the molecule is Cc1cc(C(=O)CN2CCC(C)CC2)c(C)[nH]1. The van der Waals surface area contributed by atoms with Crippen molar-refractivity contribution in [2.75, 3.05) is 19.6 Å². The zero-order chi connectivity index (χ0) is 12.4. The molecule has 0 amide bonds. The van der Waals surface area contributed by atoms with Crippen LogP contribution in [0, 0.1) is 19.8 Å². The highest BCUT2D eigenvalue weighted by Crippen LogP contribution is 2.17. The maximum atomic E-state index is 12.2. The van der Waals surface area contributed by atoms with Crippen LogP contribution in [0.15, 0.2) is 6.07 Å². The summed E-state index contributed by atoms with van der Waals surface area (Å²) in [5.74, 6) is 1.07. The van der Waals surface area contributed by atoms with Crippen molar-refractivity contribution in [2.45, 2.75) is 33.6 Å². The molecule has 1 aliphatic rings. The molecule has 0 saturated carbocycles. The predicted molar refractivity (Wildman–Crippen MR) is 69.4 cm³/mol. The minimum Gasteiger partial charge on any atom is -0.362 e. The van der Waals surface area contributed by atoms with Crippen LogP contribution in [0.5, 0.6) is 0 Å². The monoisotopic (exact) mass is 234 g/mol. The number of Topliss-reactive ketones (excluding diaryl/α,β-unsaturated/α-hetero) is 1. The summed E-state index contributed by atoms with van der Waals surface area (Å²) in [5.41, 5.74) is 2.93. The molecule has 17 heavy (non-hydrogen) atoms. The standard InChI is InChI=1S/C14H22N2O/c1-10-4-6-16(7-5-10)9-14(17)13-8-11(2)15-12(13)3/h8,10,15H,4-7,9H2,1-3H3. The summed E-state index contributed by atoms with van der Waals surface area (Å²) in [7, 11) is 0. The lowest BCUT2D eigenvalue weighted by atomic mass is 9.99. The average molecular weight is 234 g/mol. The van der Waals surface area contributed by atoms with E-state index in [0.29, 0.717) is 6.54 Å². The molecule has 1 aliphatic heterocycles. The first kappa shape index (κ1) is 12.4. The van der Waals surface area contributed by atoms with Gasteiger partial charge in [0.25, 0.3) is 0 Å². The molecule has 3 nitrogen and oxygen atoms in total. The first-order valence-corrected chi connectivity index (χ1v) is 6.48. The zero-order valence-electron chi connectivity index (χ0n) is 11.0. The van der Waals surface area contributed by atoms with Crippen LogP contribution in [-0.4, -0.2) is 35.3 Å². The molecule has 0 atom stereocenters. The fourth-order valence-electron chi connectivity index (χ4n) is 2.52. The highest BCUT2D eigenvalue weighted by Gasteiger charge is 2.20. The molecular weight excluding hydrogens is 212 g/mol. The number of carbonyl (C=O) groups excluding carboxylic acids is 1. The molecule has 0 aliphatic carbocycles. The summed E-state index contributed by atoms with van der Waals surface area (Å²) in [5, 5.41) is 0. The number of likely N-dealkylation sites (tertiary alicyclic amines) is 1. The van der Waals surface area contributed by atoms with Gasteiger partial charge in [-0.15, -0.1) is 0 Å². The van der Waals surface area contributed by atoms with Gasteiger partial charge in [-0.1, -0.05) is 6.92 Å². The van der Waals surface area contributed by atoms with Gasteiger partial charge in [-0.05, 0) is 51.8 Å². The summed E-state index contributed by atoms with van der Waals surface area (Å²) in [6.07, 6.45) is 2.44. The fraction of sp³-hybridized carbons (Fsp3) is 0.643. The van der Waals surface area contributed by atoms with Crippen molar-refractivity contribution < 1.29 is 4.79 Å². The molecule has 0 unspecified atom stereocenters. The van der Waals surface area contributed by atoms with Gasteiger partial charge in [0, 0.05) is 17.0 Å². The van der Waals surface area contributed by atoms with Crippen molar-refractivity contribution in [3.05, 3.63) is 23.0 Å². The normalized spacial score (nSPS) is 18.5. The first-order valence-electron chi connectivity index (χ1n) is 6.48. The Kier molecular flexibility index (Phi) is 3.67. The largest absolute Gasteiger partial charge is 0.362 e. The van der Waals surface area contributed by atoms with Gasteiger partial charge in [0.2, 0.25) is 0 Å². The Labute approximate surface area is 103 Å². The summed E-state index contributed by atoms with van der Waals surface area (Å²) < 4.78 is 0. The van der Waals surface area contributed by atoms with Crippen molar-refractivity contribution >= 4 is 5.78 Å². The molecule has 1 fully saturated rings. The highest BCUT2D eigenvalue weighted by molar-refractivity contribution is 5.98. The van der Waals surface area contributed by atoms with E-state index in [0.717, 1.165) is 36.0 Å². The summed E-state index contributed by atoms with van der Waals surface area (Å²) in [4.78, 5) is 17.6. The number of carbonyl (C=O) groups is 1. The van der Waals surface area contributed by atoms with E-state index in [2.05, 4.69) is 16.8 Å². The Morgan fingerprint density at radius 3 is 2.59 bits per heavy atom. The lowest BCUT2D eigenvalue weighted by Crippen LogP contribution is -2.36. The third kappa shape index (κ3) is 2.97. The van der Waals surface area contributed by atoms with E-state index in [-0.39, 0.29) is 5.78 Å². The van der Waals surface area contributed by atoms with Gasteiger partial charge in [0.1, 0.15) is 0 Å². The molecule has 1 aromatic rings. The van der Waals surface area contributed by atoms with Gasteiger partial charge in [-0.25, -0.2) is 0 Å². The van der Waals surface area contributed by atoms with E-state index in [4.69, 9.17) is 0 Å². The number of ketones is 1. The molecule has 2 heterocycles. The number of nitrogens with one attached hydrogen (secondary N) is 1. The number of aromatic amines is 1. The number of hydrogen-bond acceptors (Lipinski definition) is 2. The van der Waals surface area contributed by atoms with Crippen LogP contribution in [0.3, 0.4) is 0 Å². The Balaban J connectivity index is 1.95. The van der Waals surface area contributed by atoms with Crippen LogP contribution in [0.2, 0.25) is 0 Å². The van der Waals surface area contributed by atoms with Crippen molar-refractivity contribution in [1.29, 1.82) is 0 Å². The van der Waals surface area contributed by atoms with Crippen LogP contribution >= 0.6 is 0 Å². The first-order chi connectivity index (χ1) is 8.06. The fourth-order valence-corrected chi connectivity index (χ4v) is 2.52. The molecule has 1 aromatic heterocycles. The third-order valence-corrected chi connectivity index (χ3v) is 3.69. The molecule has 0 aromatic carbocycles. The Morgan fingerprint density at radius 2 is 2.06 bits per heavy atom. The van der Waals surface area contributed by atoms with Gasteiger partial charge >= 0.3 is 0 Å². The number of piperidine rings is 1. The number of rotatable bonds is 3. The molecule has 1 saturated heterocycles. The summed E-state index contributed by atoms with van der Waals surface area (Å²) >= 11 is 0. The van der Waals surface area contributed by atoms with Crippen molar-refractivity contribution in [3.8, 4) is 0 Å². The second kappa shape index (κ2) is 5.05. The minimum atomic E-state index is 0.251.